The van der Waals surface area contributed by atoms with Crippen molar-refractivity contribution in [3.05, 3.63) is 35.9 Å². The molecule has 0 saturated heterocycles. The summed E-state index contributed by atoms with van der Waals surface area (Å²) in [5.41, 5.74) is 1.18. The summed E-state index contributed by atoms with van der Waals surface area (Å²) in [4.78, 5) is 11.5. The van der Waals surface area contributed by atoms with Crippen molar-refractivity contribution in [3.63, 3.8) is 0 Å². The smallest absolute Gasteiger partial charge is 0.220 e. The van der Waals surface area contributed by atoms with E-state index < -0.39 is 0 Å². The van der Waals surface area contributed by atoms with E-state index >= 15 is 0 Å². The Morgan fingerprint density at radius 3 is 2.71 bits per heavy atom. The van der Waals surface area contributed by atoms with Crippen LogP contribution in [0.5, 0.6) is 0 Å². The Labute approximate surface area is 103 Å². The van der Waals surface area contributed by atoms with Gasteiger partial charge in [-0.3, -0.25) is 4.79 Å². The number of aliphatic hydroxyl groups is 1. The number of aryl methyl sites for hydroxylation is 1. The van der Waals surface area contributed by atoms with Crippen LogP contribution in [0.1, 0.15) is 31.7 Å². The fraction of sp³-hybridized carbons (Fsp3) is 0.500. The highest BCUT2D eigenvalue weighted by molar-refractivity contribution is 5.76. The predicted molar refractivity (Wildman–Crippen MR) is 68.7 cm³/mol. The fourth-order valence-electron chi connectivity index (χ4n) is 1.57. The van der Waals surface area contributed by atoms with Crippen LogP contribution in [0, 0.1) is 0 Å². The van der Waals surface area contributed by atoms with Crippen LogP contribution in [0.15, 0.2) is 30.3 Å². The van der Waals surface area contributed by atoms with Gasteiger partial charge in [-0.25, -0.2) is 0 Å². The van der Waals surface area contributed by atoms with Gasteiger partial charge in [0.25, 0.3) is 0 Å². The molecule has 0 spiro atoms. The van der Waals surface area contributed by atoms with Gasteiger partial charge >= 0.3 is 0 Å². The third-order valence-corrected chi connectivity index (χ3v) is 2.75. The Balaban J connectivity index is 2.13. The quantitative estimate of drug-likeness (QED) is 0.758. The molecule has 94 valence electrons. The van der Waals surface area contributed by atoms with E-state index in [1.165, 1.54) is 5.56 Å². The second-order valence-electron chi connectivity index (χ2n) is 4.19. The Morgan fingerprint density at radius 1 is 1.35 bits per heavy atom. The van der Waals surface area contributed by atoms with Crippen molar-refractivity contribution in [1.29, 1.82) is 0 Å². The van der Waals surface area contributed by atoms with Gasteiger partial charge in [0.1, 0.15) is 0 Å². The van der Waals surface area contributed by atoms with E-state index in [0.717, 1.165) is 12.8 Å². The number of nitrogens with one attached hydrogen (secondary N) is 1. The first-order valence-corrected chi connectivity index (χ1v) is 6.21. The number of benzene rings is 1. The minimum Gasteiger partial charge on any atom is -0.393 e. The monoisotopic (exact) mass is 235 g/mol. The third-order valence-electron chi connectivity index (χ3n) is 2.75. The molecule has 0 aliphatic heterocycles. The fourth-order valence-corrected chi connectivity index (χ4v) is 1.57. The molecule has 0 aliphatic rings. The topological polar surface area (TPSA) is 49.3 Å². The van der Waals surface area contributed by atoms with Crippen molar-refractivity contribution in [2.75, 3.05) is 6.54 Å². The molecule has 0 radical (unpaired) electrons. The van der Waals surface area contributed by atoms with Gasteiger partial charge in [0, 0.05) is 13.0 Å². The van der Waals surface area contributed by atoms with Gasteiger partial charge in [0.2, 0.25) is 5.91 Å². The van der Waals surface area contributed by atoms with Crippen molar-refractivity contribution in [2.24, 2.45) is 0 Å². The summed E-state index contributed by atoms with van der Waals surface area (Å²) < 4.78 is 0. The lowest BCUT2D eigenvalue weighted by Gasteiger charge is -2.08. The van der Waals surface area contributed by atoms with Gasteiger partial charge in [-0.1, -0.05) is 37.3 Å². The van der Waals surface area contributed by atoms with E-state index in [4.69, 9.17) is 0 Å². The highest BCUT2D eigenvalue weighted by atomic mass is 16.3. The Morgan fingerprint density at radius 2 is 2.06 bits per heavy atom. The number of carbonyl (C=O) groups excluding carboxylic acids is 1. The van der Waals surface area contributed by atoms with Crippen molar-refractivity contribution in [3.8, 4) is 0 Å². The summed E-state index contributed by atoms with van der Waals surface area (Å²) in [7, 11) is 0. The molecular weight excluding hydrogens is 214 g/mol. The maximum atomic E-state index is 11.5. The first-order valence-electron chi connectivity index (χ1n) is 6.21. The van der Waals surface area contributed by atoms with Gasteiger partial charge < -0.3 is 10.4 Å². The van der Waals surface area contributed by atoms with Crippen molar-refractivity contribution >= 4 is 5.91 Å². The molecule has 3 heteroatoms. The van der Waals surface area contributed by atoms with Crippen LogP contribution in [-0.2, 0) is 11.2 Å². The van der Waals surface area contributed by atoms with Crippen LogP contribution in [0.4, 0.5) is 0 Å². The molecular formula is C14H21NO2. The minimum atomic E-state index is -0.301. The van der Waals surface area contributed by atoms with E-state index in [1.54, 1.807) is 0 Å². The lowest BCUT2D eigenvalue weighted by Crippen LogP contribution is -2.27. The first kappa shape index (κ1) is 13.7. The number of hydrogen-bond acceptors (Lipinski definition) is 2. The summed E-state index contributed by atoms with van der Waals surface area (Å²) >= 11 is 0. The number of hydrogen-bond donors (Lipinski definition) is 2. The standard InChI is InChI=1S/C14H21NO2/c1-2-13(16)10-11-15-14(17)9-8-12-6-4-3-5-7-12/h3-7,13,16H,2,8-11H2,1H3,(H,15,17). The average molecular weight is 235 g/mol. The van der Waals surface area contributed by atoms with E-state index in [1.807, 2.05) is 37.3 Å². The van der Waals surface area contributed by atoms with Crippen LogP contribution < -0.4 is 5.32 Å². The lowest BCUT2D eigenvalue weighted by atomic mass is 10.1. The Kier molecular flexibility index (Phi) is 6.33. The van der Waals surface area contributed by atoms with E-state index in [0.29, 0.717) is 19.4 Å². The van der Waals surface area contributed by atoms with Gasteiger partial charge in [-0.15, -0.1) is 0 Å². The predicted octanol–water partition coefficient (Wildman–Crippen LogP) is 1.90. The zero-order chi connectivity index (χ0) is 12.5. The second kappa shape index (κ2) is 7.85. The lowest BCUT2D eigenvalue weighted by molar-refractivity contribution is -0.121. The zero-order valence-corrected chi connectivity index (χ0v) is 10.4. The SMILES string of the molecule is CCC(O)CCNC(=O)CCc1ccccc1. The van der Waals surface area contributed by atoms with E-state index in [2.05, 4.69) is 5.32 Å². The van der Waals surface area contributed by atoms with Crippen LogP contribution in [0.3, 0.4) is 0 Å². The number of rotatable bonds is 7. The molecule has 1 aromatic carbocycles. The van der Waals surface area contributed by atoms with Crippen molar-refractivity contribution in [1.82, 2.24) is 5.32 Å². The van der Waals surface area contributed by atoms with Crippen molar-refractivity contribution < 1.29 is 9.90 Å². The van der Waals surface area contributed by atoms with Crippen molar-refractivity contribution in [2.45, 2.75) is 38.7 Å². The molecule has 3 nitrogen and oxygen atoms in total. The van der Waals surface area contributed by atoms with Crippen LogP contribution in [0.25, 0.3) is 0 Å². The molecule has 1 atom stereocenters. The van der Waals surface area contributed by atoms with E-state index in [9.17, 15) is 9.90 Å². The highest BCUT2D eigenvalue weighted by Crippen LogP contribution is 2.02. The summed E-state index contributed by atoms with van der Waals surface area (Å²) in [5, 5.41) is 12.1. The number of amides is 1. The molecule has 2 N–H and O–H groups in total. The maximum absolute atomic E-state index is 11.5. The summed E-state index contributed by atoms with van der Waals surface area (Å²) in [5.74, 6) is 0.0529. The zero-order valence-electron chi connectivity index (χ0n) is 10.4. The molecule has 0 fully saturated rings. The Bertz CT molecular complexity index is 324. The normalized spacial score (nSPS) is 12.1. The molecule has 17 heavy (non-hydrogen) atoms. The molecule has 1 amide bonds. The number of carbonyl (C=O) groups is 1. The third kappa shape index (κ3) is 6.07. The van der Waals surface area contributed by atoms with Crippen LogP contribution >= 0.6 is 0 Å². The van der Waals surface area contributed by atoms with Crippen LogP contribution in [-0.4, -0.2) is 23.7 Å². The largest absolute Gasteiger partial charge is 0.393 e. The summed E-state index contributed by atoms with van der Waals surface area (Å²) in [6.07, 6.45) is 2.34. The van der Waals surface area contributed by atoms with Crippen LogP contribution in [0.2, 0.25) is 0 Å². The highest BCUT2D eigenvalue weighted by Gasteiger charge is 2.04. The molecule has 0 heterocycles. The number of aliphatic hydroxyl groups excluding tert-OH is 1. The Hall–Kier alpha value is -1.35. The second-order valence-corrected chi connectivity index (χ2v) is 4.19. The van der Waals surface area contributed by atoms with Gasteiger partial charge in [-0.05, 0) is 24.8 Å². The summed E-state index contributed by atoms with van der Waals surface area (Å²) in [6.45, 7) is 2.49. The summed E-state index contributed by atoms with van der Waals surface area (Å²) in [6, 6.07) is 9.97. The molecule has 0 aromatic heterocycles. The molecule has 1 unspecified atom stereocenters. The average Bonchev–Trinajstić information content (AvgIpc) is 2.37. The molecule has 0 bridgehead atoms. The molecule has 0 saturated carbocycles. The van der Waals surface area contributed by atoms with E-state index in [-0.39, 0.29) is 12.0 Å². The van der Waals surface area contributed by atoms with Gasteiger partial charge in [0.15, 0.2) is 0 Å². The molecule has 1 rings (SSSR count). The first-order chi connectivity index (χ1) is 8.22. The van der Waals surface area contributed by atoms with Gasteiger partial charge in [-0.2, -0.15) is 0 Å². The van der Waals surface area contributed by atoms with Gasteiger partial charge in [0.05, 0.1) is 6.10 Å². The minimum absolute atomic E-state index is 0.0529. The maximum Gasteiger partial charge on any atom is 0.220 e. The molecule has 0 aliphatic carbocycles. The molecule has 1 aromatic rings.